The largest absolute Gasteiger partial charge is 0.416 e. The van der Waals surface area contributed by atoms with Gasteiger partial charge in [-0.3, -0.25) is 4.68 Å². The van der Waals surface area contributed by atoms with E-state index < -0.39 is 11.7 Å². The van der Waals surface area contributed by atoms with Gasteiger partial charge in [0.1, 0.15) is 0 Å². The number of hydrogen-bond donors (Lipinski definition) is 1. The molecule has 0 saturated heterocycles. The van der Waals surface area contributed by atoms with Crippen LogP contribution in [0.3, 0.4) is 0 Å². The number of nitrogens with zero attached hydrogens (tertiary/aromatic N) is 2. The predicted octanol–water partition coefficient (Wildman–Crippen LogP) is 3.03. The van der Waals surface area contributed by atoms with Crippen molar-refractivity contribution in [3.8, 4) is 0 Å². The van der Waals surface area contributed by atoms with E-state index in [0.717, 1.165) is 29.8 Å². The molecule has 1 aromatic heterocycles. The summed E-state index contributed by atoms with van der Waals surface area (Å²) in [5.74, 6) is 0. The van der Waals surface area contributed by atoms with Crippen molar-refractivity contribution in [3.05, 3.63) is 53.3 Å². The molecule has 0 fully saturated rings. The number of hydrogen-bond acceptors (Lipinski definition) is 2. The van der Waals surface area contributed by atoms with E-state index in [1.54, 1.807) is 6.20 Å². The first-order valence-electron chi connectivity index (χ1n) is 6.81. The van der Waals surface area contributed by atoms with Gasteiger partial charge in [-0.1, -0.05) is 12.1 Å². The third-order valence-electron chi connectivity index (χ3n) is 3.29. The number of aromatic nitrogens is 2. The van der Waals surface area contributed by atoms with Gasteiger partial charge in [0.05, 0.1) is 11.8 Å². The summed E-state index contributed by atoms with van der Waals surface area (Å²) in [6, 6.07) is 5.02. The van der Waals surface area contributed by atoms with Gasteiger partial charge in [-0.2, -0.15) is 18.3 Å². The summed E-state index contributed by atoms with van der Waals surface area (Å²) in [5.41, 5.74) is 7.26. The molecule has 0 aliphatic carbocycles. The SMILES string of the molecule is CCn1cc(CC(N)Cc2ccc(C(F)(F)F)cc2)cn1. The zero-order valence-corrected chi connectivity index (χ0v) is 11.8. The molecule has 21 heavy (non-hydrogen) atoms. The lowest BCUT2D eigenvalue weighted by atomic mass is 10.0. The molecule has 1 aromatic carbocycles. The molecule has 0 saturated carbocycles. The Morgan fingerprint density at radius 2 is 1.76 bits per heavy atom. The van der Waals surface area contributed by atoms with Crippen LogP contribution in [-0.2, 0) is 25.6 Å². The minimum atomic E-state index is -4.30. The lowest BCUT2D eigenvalue weighted by Gasteiger charge is -2.12. The predicted molar refractivity (Wildman–Crippen MR) is 74.7 cm³/mol. The Bertz CT molecular complexity index is 573. The summed E-state index contributed by atoms with van der Waals surface area (Å²) in [6.45, 7) is 2.80. The van der Waals surface area contributed by atoms with E-state index >= 15 is 0 Å². The van der Waals surface area contributed by atoms with E-state index in [0.29, 0.717) is 12.8 Å². The second kappa shape index (κ2) is 6.30. The fourth-order valence-corrected chi connectivity index (χ4v) is 2.19. The molecule has 1 atom stereocenters. The highest BCUT2D eigenvalue weighted by Crippen LogP contribution is 2.29. The highest BCUT2D eigenvalue weighted by Gasteiger charge is 2.29. The lowest BCUT2D eigenvalue weighted by molar-refractivity contribution is -0.137. The van der Waals surface area contributed by atoms with Crippen LogP contribution in [0.15, 0.2) is 36.7 Å². The number of alkyl halides is 3. The fraction of sp³-hybridized carbons (Fsp3) is 0.400. The van der Waals surface area contributed by atoms with Gasteiger partial charge in [0.25, 0.3) is 0 Å². The molecule has 0 amide bonds. The third kappa shape index (κ3) is 4.32. The summed E-state index contributed by atoms with van der Waals surface area (Å²) < 4.78 is 39.2. The molecule has 0 aliphatic rings. The average molecular weight is 297 g/mol. The maximum absolute atomic E-state index is 12.5. The van der Waals surface area contributed by atoms with Crippen molar-refractivity contribution >= 4 is 0 Å². The highest BCUT2D eigenvalue weighted by molar-refractivity contribution is 5.25. The van der Waals surface area contributed by atoms with Crippen LogP contribution in [0.1, 0.15) is 23.6 Å². The monoisotopic (exact) mass is 297 g/mol. The first-order valence-corrected chi connectivity index (χ1v) is 6.81. The molecule has 0 spiro atoms. The minimum absolute atomic E-state index is 0.142. The van der Waals surface area contributed by atoms with E-state index in [1.165, 1.54) is 12.1 Å². The zero-order valence-electron chi connectivity index (χ0n) is 11.8. The van der Waals surface area contributed by atoms with Gasteiger partial charge in [-0.15, -0.1) is 0 Å². The average Bonchev–Trinajstić information content (AvgIpc) is 2.85. The van der Waals surface area contributed by atoms with Crippen molar-refractivity contribution in [1.82, 2.24) is 9.78 Å². The van der Waals surface area contributed by atoms with Crippen LogP contribution in [0.4, 0.5) is 13.2 Å². The Kier molecular flexibility index (Phi) is 4.67. The van der Waals surface area contributed by atoms with Gasteiger partial charge in [-0.25, -0.2) is 0 Å². The number of benzene rings is 1. The molecule has 2 rings (SSSR count). The number of rotatable bonds is 5. The Hall–Kier alpha value is -1.82. The first kappa shape index (κ1) is 15.6. The summed E-state index contributed by atoms with van der Waals surface area (Å²) in [6.07, 6.45) is 0.606. The molecule has 0 bridgehead atoms. The molecule has 0 aliphatic heterocycles. The van der Waals surface area contributed by atoms with Gasteiger partial charge >= 0.3 is 6.18 Å². The Morgan fingerprint density at radius 3 is 2.29 bits per heavy atom. The second-order valence-corrected chi connectivity index (χ2v) is 5.07. The maximum atomic E-state index is 12.5. The maximum Gasteiger partial charge on any atom is 0.416 e. The molecular formula is C15H18F3N3. The van der Waals surface area contributed by atoms with E-state index in [9.17, 15) is 13.2 Å². The topological polar surface area (TPSA) is 43.8 Å². The summed E-state index contributed by atoms with van der Waals surface area (Å²) >= 11 is 0. The summed E-state index contributed by atoms with van der Waals surface area (Å²) in [7, 11) is 0. The van der Waals surface area contributed by atoms with Gasteiger partial charge in [0.15, 0.2) is 0 Å². The Labute approximate surface area is 121 Å². The quantitative estimate of drug-likeness (QED) is 0.922. The van der Waals surface area contributed by atoms with Gasteiger partial charge < -0.3 is 5.73 Å². The van der Waals surface area contributed by atoms with E-state index in [1.807, 2.05) is 17.8 Å². The van der Waals surface area contributed by atoms with Crippen LogP contribution < -0.4 is 5.73 Å². The molecule has 1 heterocycles. The van der Waals surface area contributed by atoms with E-state index in [4.69, 9.17) is 5.73 Å². The normalized spacial score (nSPS) is 13.4. The first-order chi connectivity index (χ1) is 9.88. The standard InChI is InChI=1S/C15H18F3N3/c1-2-21-10-12(9-20-21)8-14(19)7-11-3-5-13(6-4-11)15(16,17)18/h3-6,9-10,14H,2,7-8,19H2,1H3. The summed E-state index contributed by atoms with van der Waals surface area (Å²) in [5, 5.41) is 4.17. The molecule has 2 aromatic rings. The van der Waals surface area contributed by atoms with Crippen LogP contribution in [0.25, 0.3) is 0 Å². The van der Waals surface area contributed by atoms with Gasteiger partial charge in [-0.05, 0) is 43.0 Å². The minimum Gasteiger partial charge on any atom is -0.327 e. The van der Waals surface area contributed by atoms with Crippen molar-refractivity contribution in [2.45, 2.75) is 38.5 Å². The second-order valence-electron chi connectivity index (χ2n) is 5.07. The highest BCUT2D eigenvalue weighted by atomic mass is 19.4. The smallest absolute Gasteiger partial charge is 0.327 e. The van der Waals surface area contributed by atoms with Crippen molar-refractivity contribution in [3.63, 3.8) is 0 Å². The summed E-state index contributed by atoms with van der Waals surface area (Å²) in [4.78, 5) is 0. The number of nitrogens with two attached hydrogens (primary N) is 1. The van der Waals surface area contributed by atoms with Crippen LogP contribution >= 0.6 is 0 Å². The van der Waals surface area contributed by atoms with Gasteiger partial charge in [0.2, 0.25) is 0 Å². The van der Waals surface area contributed by atoms with E-state index in [2.05, 4.69) is 5.10 Å². The number of aryl methyl sites for hydroxylation is 1. The molecule has 6 heteroatoms. The third-order valence-corrected chi connectivity index (χ3v) is 3.29. The zero-order chi connectivity index (χ0) is 15.5. The van der Waals surface area contributed by atoms with Crippen molar-refractivity contribution < 1.29 is 13.2 Å². The van der Waals surface area contributed by atoms with Crippen LogP contribution in [0, 0.1) is 0 Å². The van der Waals surface area contributed by atoms with Gasteiger partial charge in [0, 0.05) is 18.8 Å². The van der Waals surface area contributed by atoms with E-state index in [-0.39, 0.29) is 6.04 Å². The lowest BCUT2D eigenvalue weighted by Crippen LogP contribution is -2.25. The molecule has 114 valence electrons. The molecule has 3 nitrogen and oxygen atoms in total. The van der Waals surface area contributed by atoms with Crippen molar-refractivity contribution in [2.75, 3.05) is 0 Å². The molecular weight excluding hydrogens is 279 g/mol. The molecule has 1 unspecified atom stereocenters. The van der Waals surface area contributed by atoms with Crippen molar-refractivity contribution in [2.24, 2.45) is 5.73 Å². The fourth-order valence-electron chi connectivity index (χ4n) is 2.19. The van der Waals surface area contributed by atoms with Crippen molar-refractivity contribution in [1.29, 1.82) is 0 Å². The molecule has 2 N–H and O–H groups in total. The molecule has 0 radical (unpaired) electrons. The number of halogens is 3. The Morgan fingerprint density at radius 1 is 1.14 bits per heavy atom. The van der Waals surface area contributed by atoms with Crippen LogP contribution in [0.2, 0.25) is 0 Å². The van der Waals surface area contributed by atoms with Crippen LogP contribution in [-0.4, -0.2) is 15.8 Å². The Balaban J connectivity index is 1.94. The van der Waals surface area contributed by atoms with Crippen LogP contribution in [0.5, 0.6) is 0 Å².